The molecule has 0 radical (unpaired) electrons. The molecule has 1 saturated heterocycles. The number of likely N-dealkylation sites (N-methyl/N-ethyl adjacent to an activating group) is 1. The van der Waals surface area contributed by atoms with E-state index in [1.54, 1.807) is 0 Å². The van der Waals surface area contributed by atoms with Gasteiger partial charge >= 0.3 is 0 Å². The molecule has 0 spiro atoms. The lowest BCUT2D eigenvalue weighted by atomic mass is 9.81. The first-order valence-corrected chi connectivity index (χ1v) is 5.66. The van der Waals surface area contributed by atoms with Gasteiger partial charge in [-0.15, -0.1) is 0 Å². The van der Waals surface area contributed by atoms with Crippen LogP contribution in [0.3, 0.4) is 0 Å². The lowest BCUT2D eigenvalue weighted by Gasteiger charge is -2.42. The van der Waals surface area contributed by atoms with E-state index in [-0.39, 0.29) is 11.6 Å². The van der Waals surface area contributed by atoms with Gasteiger partial charge in [-0.25, -0.2) is 0 Å². The summed E-state index contributed by atoms with van der Waals surface area (Å²) in [7, 11) is 1.96. The topological polar surface area (TPSA) is 46.3 Å². The summed E-state index contributed by atoms with van der Waals surface area (Å²) in [4.78, 5) is 12.9. The van der Waals surface area contributed by atoms with Crippen LogP contribution in [0, 0.1) is 0 Å². The molecule has 1 fully saturated rings. The fourth-order valence-corrected chi connectivity index (χ4v) is 2.44. The molecule has 0 bridgehead atoms. The van der Waals surface area contributed by atoms with Crippen molar-refractivity contribution in [2.75, 3.05) is 13.6 Å². The number of piperidine rings is 1. The maximum absolute atomic E-state index is 10.8. The Morgan fingerprint density at radius 3 is 2.69 bits per heavy atom. The van der Waals surface area contributed by atoms with Crippen molar-refractivity contribution >= 4 is 6.29 Å². The van der Waals surface area contributed by atoms with E-state index >= 15 is 0 Å². The number of benzene rings is 1. The Kier molecular flexibility index (Phi) is 3.08. The van der Waals surface area contributed by atoms with E-state index in [1.807, 2.05) is 30.1 Å². The fourth-order valence-electron chi connectivity index (χ4n) is 2.44. The number of aldehydes is 1. The van der Waals surface area contributed by atoms with Crippen LogP contribution in [-0.4, -0.2) is 30.8 Å². The van der Waals surface area contributed by atoms with Crippen LogP contribution in [-0.2, 0) is 10.3 Å². The molecular weight excluding hydrogens is 200 g/mol. The van der Waals surface area contributed by atoms with Crippen LogP contribution in [0.2, 0.25) is 0 Å². The molecule has 2 rings (SSSR count). The molecule has 2 atom stereocenters. The predicted octanol–water partition coefficient (Wildman–Crippen LogP) is 1.13. The Morgan fingerprint density at radius 1 is 1.44 bits per heavy atom. The van der Waals surface area contributed by atoms with Crippen molar-refractivity contribution in [2.45, 2.75) is 24.4 Å². The second kappa shape index (κ2) is 4.36. The van der Waals surface area contributed by atoms with Gasteiger partial charge in [0.2, 0.25) is 0 Å². The van der Waals surface area contributed by atoms with Crippen molar-refractivity contribution in [2.24, 2.45) is 5.73 Å². The molecular formula is C13H18N2O. The molecule has 0 saturated carbocycles. The van der Waals surface area contributed by atoms with Crippen molar-refractivity contribution in [3.05, 3.63) is 35.9 Å². The molecule has 16 heavy (non-hydrogen) atoms. The zero-order valence-electron chi connectivity index (χ0n) is 9.60. The summed E-state index contributed by atoms with van der Waals surface area (Å²) in [6.45, 7) is 0.737. The van der Waals surface area contributed by atoms with E-state index in [4.69, 9.17) is 5.73 Å². The quantitative estimate of drug-likeness (QED) is 0.757. The highest BCUT2D eigenvalue weighted by molar-refractivity contribution is 5.58. The van der Waals surface area contributed by atoms with Gasteiger partial charge in [-0.05, 0) is 25.5 Å². The van der Waals surface area contributed by atoms with Crippen LogP contribution in [0.4, 0.5) is 0 Å². The standard InChI is InChI=1S/C13H18N2O/c1-15-10-13(14,8-7-12(15)9-16)11-5-3-2-4-6-11/h2-6,9,12H,7-8,10,14H2,1H3. The number of rotatable bonds is 2. The number of hydrogen-bond donors (Lipinski definition) is 1. The Morgan fingerprint density at radius 2 is 2.12 bits per heavy atom. The number of carbonyl (C=O) groups excluding carboxylic acids is 1. The third-order valence-electron chi connectivity index (χ3n) is 3.49. The Bertz CT molecular complexity index is 365. The maximum Gasteiger partial charge on any atom is 0.137 e. The van der Waals surface area contributed by atoms with Gasteiger partial charge in [0.1, 0.15) is 6.29 Å². The van der Waals surface area contributed by atoms with Crippen molar-refractivity contribution in [3.63, 3.8) is 0 Å². The van der Waals surface area contributed by atoms with Crippen molar-refractivity contribution in [1.82, 2.24) is 4.90 Å². The second-order valence-electron chi connectivity index (χ2n) is 4.68. The SMILES string of the molecule is CN1CC(N)(c2ccccc2)CCC1C=O. The minimum atomic E-state index is -0.310. The van der Waals surface area contributed by atoms with Gasteiger partial charge in [-0.3, -0.25) is 4.90 Å². The van der Waals surface area contributed by atoms with E-state index in [0.717, 1.165) is 31.2 Å². The molecule has 0 amide bonds. The normalized spacial score (nSPS) is 31.2. The number of hydrogen-bond acceptors (Lipinski definition) is 3. The molecule has 2 unspecified atom stereocenters. The third kappa shape index (κ3) is 2.01. The van der Waals surface area contributed by atoms with Gasteiger partial charge < -0.3 is 10.5 Å². The first-order chi connectivity index (χ1) is 7.65. The number of nitrogens with two attached hydrogens (primary N) is 1. The van der Waals surface area contributed by atoms with Gasteiger partial charge in [0.25, 0.3) is 0 Å². The fraction of sp³-hybridized carbons (Fsp3) is 0.462. The monoisotopic (exact) mass is 218 g/mol. The Labute approximate surface area is 96.2 Å². The van der Waals surface area contributed by atoms with Crippen molar-refractivity contribution in [1.29, 1.82) is 0 Å². The summed E-state index contributed by atoms with van der Waals surface area (Å²) in [5, 5.41) is 0. The van der Waals surface area contributed by atoms with Gasteiger partial charge in [0.05, 0.1) is 11.6 Å². The first-order valence-electron chi connectivity index (χ1n) is 5.66. The molecule has 0 aliphatic carbocycles. The second-order valence-corrected chi connectivity index (χ2v) is 4.68. The summed E-state index contributed by atoms with van der Waals surface area (Å²) in [5.74, 6) is 0. The van der Waals surface area contributed by atoms with Crippen LogP contribution < -0.4 is 5.73 Å². The van der Waals surface area contributed by atoms with Gasteiger partial charge in [0, 0.05) is 6.54 Å². The van der Waals surface area contributed by atoms with E-state index in [9.17, 15) is 4.79 Å². The molecule has 3 heteroatoms. The molecule has 1 aromatic rings. The largest absolute Gasteiger partial charge is 0.320 e. The number of carbonyl (C=O) groups is 1. The molecule has 0 aromatic heterocycles. The average Bonchev–Trinajstić information content (AvgIpc) is 2.30. The van der Waals surface area contributed by atoms with Gasteiger partial charge in [0.15, 0.2) is 0 Å². The Balaban J connectivity index is 2.19. The summed E-state index contributed by atoms with van der Waals surface area (Å²) < 4.78 is 0. The first kappa shape index (κ1) is 11.3. The van der Waals surface area contributed by atoms with Gasteiger partial charge in [-0.2, -0.15) is 0 Å². The highest BCUT2D eigenvalue weighted by Crippen LogP contribution is 2.30. The zero-order valence-corrected chi connectivity index (χ0v) is 9.60. The van der Waals surface area contributed by atoms with Crippen LogP contribution in [0.1, 0.15) is 18.4 Å². The maximum atomic E-state index is 10.8. The predicted molar refractivity (Wildman–Crippen MR) is 64.0 cm³/mol. The summed E-state index contributed by atoms with van der Waals surface area (Å²) >= 11 is 0. The summed E-state index contributed by atoms with van der Waals surface area (Å²) in [6, 6.07) is 10.2. The summed E-state index contributed by atoms with van der Waals surface area (Å²) in [6.07, 6.45) is 2.72. The van der Waals surface area contributed by atoms with Gasteiger partial charge in [-0.1, -0.05) is 30.3 Å². The van der Waals surface area contributed by atoms with E-state index in [1.165, 1.54) is 0 Å². The van der Waals surface area contributed by atoms with Crippen LogP contribution in [0.5, 0.6) is 0 Å². The highest BCUT2D eigenvalue weighted by Gasteiger charge is 2.35. The van der Waals surface area contributed by atoms with Crippen LogP contribution in [0.15, 0.2) is 30.3 Å². The Hall–Kier alpha value is -1.19. The smallest absolute Gasteiger partial charge is 0.137 e. The highest BCUT2D eigenvalue weighted by atomic mass is 16.1. The lowest BCUT2D eigenvalue weighted by molar-refractivity contribution is -0.113. The molecule has 1 aromatic carbocycles. The molecule has 1 aliphatic heterocycles. The zero-order chi connectivity index (χ0) is 11.6. The lowest BCUT2D eigenvalue weighted by Crippen LogP contribution is -2.54. The van der Waals surface area contributed by atoms with E-state index in [2.05, 4.69) is 12.1 Å². The molecule has 86 valence electrons. The molecule has 1 heterocycles. The van der Waals surface area contributed by atoms with E-state index in [0.29, 0.717) is 0 Å². The number of nitrogens with zero attached hydrogens (tertiary/aromatic N) is 1. The molecule has 2 N–H and O–H groups in total. The van der Waals surface area contributed by atoms with Crippen molar-refractivity contribution < 1.29 is 4.79 Å². The minimum Gasteiger partial charge on any atom is -0.320 e. The minimum absolute atomic E-state index is 0.0281. The van der Waals surface area contributed by atoms with Crippen LogP contribution >= 0.6 is 0 Å². The van der Waals surface area contributed by atoms with Crippen LogP contribution in [0.25, 0.3) is 0 Å². The number of likely N-dealkylation sites (tertiary alicyclic amines) is 1. The molecule has 1 aliphatic rings. The van der Waals surface area contributed by atoms with E-state index < -0.39 is 0 Å². The third-order valence-corrected chi connectivity index (χ3v) is 3.49. The summed E-state index contributed by atoms with van der Waals surface area (Å²) in [5.41, 5.74) is 7.28. The van der Waals surface area contributed by atoms with Crippen molar-refractivity contribution in [3.8, 4) is 0 Å². The average molecular weight is 218 g/mol. The molecule has 3 nitrogen and oxygen atoms in total.